The standard InChI is InChI=1S/C15H14N2O5/c1-16-12(18)11(13(19)17(2)15(16)21)8-9-4-6-10(7-5-9)14(20)22-3/h4-8H,1-3H3. The molecule has 0 aromatic heterocycles. The summed E-state index contributed by atoms with van der Waals surface area (Å²) in [7, 11) is 3.89. The maximum atomic E-state index is 12.0. The van der Waals surface area contributed by atoms with Gasteiger partial charge in [0.15, 0.2) is 0 Å². The molecule has 1 aromatic rings. The first-order chi connectivity index (χ1) is 10.4. The number of methoxy groups -OCH3 is 1. The fourth-order valence-corrected chi connectivity index (χ4v) is 1.97. The number of benzene rings is 1. The number of rotatable bonds is 2. The Bertz CT molecular complexity index is 664. The van der Waals surface area contributed by atoms with Gasteiger partial charge in [-0.3, -0.25) is 19.4 Å². The predicted octanol–water partition coefficient (Wildman–Crippen LogP) is 0.907. The molecule has 2 rings (SSSR count). The molecule has 1 aliphatic heterocycles. The second-order valence-corrected chi connectivity index (χ2v) is 4.68. The fraction of sp³-hybridized carbons (Fsp3) is 0.200. The Kier molecular flexibility index (Phi) is 4.07. The van der Waals surface area contributed by atoms with Crippen LogP contribution >= 0.6 is 0 Å². The number of amides is 4. The Balaban J connectivity index is 2.35. The molecule has 0 unspecified atom stereocenters. The van der Waals surface area contributed by atoms with Gasteiger partial charge >= 0.3 is 12.0 Å². The van der Waals surface area contributed by atoms with E-state index < -0.39 is 23.8 Å². The van der Waals surface area contributed by atoms with Crippen molar-refractivity contribution in [1.29, 1.82) is 0 Å². The van der Waals surface area contributed by atoms with Gasteiger partial charge in [0, 0.05) is 14.1 Å². The Morgan fingerprint density at radius 3 is 1.95 bits per heavy atom. The van der Waals surface area contributed by atoms with Crippen LogP contribution in [0.3, 0.4) is 0 Å². The number of ether oxygens (including phenoxy) is 1. The highest BCUT2D eigenvalue weighted by atomic mass is 16.5. The lowest BCUT2D eigenvalue weighted by Gasteiger charge is -2.28. The number of hydrogen-bond donors (Lipinski definition) is 0. The summed E-state index contributed by atoms with van der Waals surface area (Å²) in [5.74, 6) is -1.80. The van der Waals surface area contributed by atoms with Gasteiger partial charge in [0.25, 0.3) is 11.8 Å². The van der Waals surface area contributed by atoms with Gasteiger partial charge in [-0.1, -0.05) is 12.1 Å². The third-order valence-corrected chi connectivity index (χ3v) is 3.29. The molecule has 0 spiro atoms. The lowest BCUT2D eigenvalue weighted by Crippen LogP contribution is -2.52. The number of urea groups is 1. The summed E-state index contributed by atoms with van der Waals surface area (Å²) in [4.78, 5) is 48.8. The molecule has 0 bridgehead atoms. The van der Waals surface area contributed by atoms with E-state index in [1.54, 1.807) is 12.1 Å². The molecule has 114 valence electrons. The molecular weight excluding hydrogens is 288 g/mol. The number of carbonyl (C=O) groups is 4. The van der Waals surface area contributed by atoms with Crippen molar-refractivity contribution in [2.75, 3.05) is 21.2 Å². The molecule has 7 nitrogen and oxygen atoms in total. The molecule has 1 aliphatic rings. The molecular formula is C15H14N2O5. The number of nitrogens with zero attached hydrogens (tertiary/aromatic N) is 2. The summed E-state index contributed by atoms with van der Waals surface area (Å²) < 4.78 is 4.59. The quantitative estimate of drug-likeness (QED) is 0.460. The summed E-state index contributed by atoms with van der Waals surface area (Å²) in [6.45, 7) is 0. The first-order valence-corrected chi connectivity index (χ1v) is 6.37. The van der Waals surface area contributed by atoms with Crippen molar-refractivity contribution >= 4 is 29.9 Å². The molecule has 22 heavy (non-hydrogen) atoms. The monoisotopic (exact) mass is 302 g/mol. The molecule has 1 fully saturated rings. The zero-order chi connectivity index (χ0) is 16.4. The minimum atomic E-state index is -0.673. The highest BCUT2D eigenvalue weighted by Gasteiger charge is 2.37. The lowest BCUT2D eigenvalue weighted by molar-refractivity contribution is -0.134. The topological polar surface area (TPSA) is 84.0 Å². The van der Waals surface area contributed by atoms with Crippen LogP contribution in [0, 0.1) is 0 Å². The van der Waals surface area contributed by atoms with E-state index in [9.17, 15) is 19.2 Å². The van der Waals surface area contributed by atoms with E-state index in [1.165, 1.54) is 39.4 Å². The van der Waals surface area contributed by atoms with Crippen LogP contribution in [0.1, 0.15) is 15.9 Å². The first-order valence-electron chi connectivity index (χ1n) is 6.37. The van der Waals surface area contributed by atoms with Gasteiger partial charge in [0.2, 0.25) is 0 Å². The number of esters is 1. The van der Waals surface area contributed by atoms with Crippen molar-refractivity contribution in [3.05, 3.63) is 41.0 Å². The molecule has 1 heterocycles. The van der Waals surface area contributed by atoms with Gasteiger partial charge in [-0.2, -0.15) is 0 Å². The van der Waals surface area contributed by atoms with E-state index in [0.29, 0.717) is 11.1 Å². The van der Waals surface area contributed by atoms with Crippen LogP contribution in [0.5, 0.6) is 0 Å². The molecule has 4 amide bonds. The van der Waals surface area contributed by atoms with Gasteiger partial charge in [0.05, 0.1) is 12.7 Å². The summed E-state index contributed by atoms with van der Waals surface area (Å²) in [5.41, 5.74) is 0.797. The van der Waals surface area contributed by atoms with Crippen LogP contribution in [0.4, 0.5) is 4.79 Å². The summed E-state index contributed by atoms with van der Waals surface area (Å²) in [6.07, 6.45) is 1.38. The smallest absolute Gasteiger partial charge is 0.337 e. The average molecular weight is 302 g/mol. The zero-order valence-corrected chi connectivity index (χ0v) is 12.3. The highest BCUT2D eigenvalue weighted by molar-refractivity contribution is 6.30. The summed E-state index contributed by atoms with van der Waals surface area (Å²) >= 11 is 0. The van der Waals surface area contributed by atoms with Gasteiger partial charge in [-0.05, 0) is 23.8 Å². The molecule has 1 saturated heterocycles. The second kappa shape index (κ2) is 5.80. The van der Waals surface area contributed by atoms with E-state index in [4.69, 9.17) is 0 Å². The highest BCUT2D eigenvalue weighted by Crippen LogP contribution is 2.18. The van der Waals surface area contributed by atoms with Crippen molar-refractivity contribution < 1.29 is 23.9 Å². The van der Waals surface area contributed by atoms with Gasteiger partial charge < -0.3 is 4.74 Å². The van der Waals surface area contributed by atoms with E-state index >= 15 is 0 Å². The van der Waals surface area contributed by atoms with Crippen LogP contribution < -0.4 is 0 Å². The Hall–Kier alpha value is -2.96. The summed E-state index contributed by atoms with van der Waals surface area (Å²) in [6, 6.07) is 5.53. The maximum Gasteiger partial charge on any atom is 0.337 e. The van der Waals surface area contributed by atoms with E-state index in [1.807, 2.05) is 0 Å². The molecule has 7 heteroatoms. The molecule has 0 atom stereocenters. The van der Waals surface area contributed by atoms with Crippen molar-refractivity contribution in [3.8, 4) is 0 Å². The zero-order valence-electron chi connectivity index (χ0n) is 12.3. The molecule has 0 N–H and O–H groups in total. The average Bonchev–Trinajstić information content (AvgIpc) is 2.55. The Labute approximate surface area is 126 Å². The van der Waals surface area contributed by atoms with Crippen molar-refractivity contribution in [2.45, 2.75) is 0 Å². The maximum absolute atomic E-state index is 12.0. The number of hydrogen-bond acceptors (Lipinski definition) is 5. The van der Waals surface area contributed by atoms with Crippen molar-refractivity contribution in [3.63, 3.8) is 0 Å². The Morgan fingerprint density at radius 1 is 1.00 bits per heavy atom. The predicted molar refractivity (Wildman–Crippen MR) is 76.7 cm³/mol. The van der Waals surface area contributed by atoms with Gasteiger partial charge in [0.1, 0.15) is 5.57 Å². The molecule has 1 aromatic carbocycles. The van der Waals surface area contributed by atoms with E-state index in [2.05, 4.69) is 4.74 Å². The first kappa shape index (κ1) is 15.4. The number of carbonyl (C=O) groups excluding carboxylic acids is 4. The van der Waals surface area contributed by atoms with Crippen LogP contribution in [-0.2, 0) is 14.3 Å². The number of imide groups is 2. The fourth-order valence-electron chi connectivity index (χ4n) is 1.97. The minimum Gasteiger partial charge on any atom is -0.465 e. The van der Waals surface area contributed by atoms with Crippen LogP contribution in [0.15, 0.2) is 29.8 Å². The third kappa shape index (κ3) is 2.60. The van der Waals surface area contributed by atoms with Crippen LogP contribution in [0.2, 0.25) is 0 Å². The summed E-state index contributed by atoms with van der Waals surface area (Å²) in [5, 5.41) is 0. The number of barbiturate groups is 1. The van der Waals surface area contributed by atoms with E-state index in [-0.39, 0.29) is 5.57 Å². The third-order valence-electron chi connectivity index (χ3n) is 3.29. The molecule has 0 radical (unpaired) electrons. The number of likely N-dealkylation sites (N-methyl/N-ethyl adjacent to an activating group) is 2. The van der Waals surface area contributed by atoms with Crippen molar-refractivity contribution in [1.82, 2.24) is 9.80 Å². The molecule has 0 aliphatic carbocycles. The van der Waals surface area contributed by atoms with Gasteiger partial charge in [-0.25, -0.2) is 9.59 Å². The van der Waals surface area contributed by atoms with E-state index in [0.717, 1.165) is 9.80 Å². The lowest BCUT2D eigenvalue weighted by atomic mass is 10.1. The van der Waals surface area contributed by atoms with Crippen molar-refractivity contribution in [2.24, 2.45) is 0 Å². The van der Waals surface area contributed by atoms with Crippen LogP contribution in [-0.4, -0.2) is 54.8 Å². The second-order valence-electron chi connectivity index (χ2n) is 4.68. The molecule has 0 saturated carbocycles. The van der Waals surface area contributed by atoms with Crippen LogP contribution in [0.25, 0.3) is 6.08 Å². The minimum absolute atomic E-state index is 0.115. The largest absolute Gasteiger partial charge is 0.465 e. The normalized spacial score (nSPS) is 15.2. The SMILES string of the molecule is COC(=O)c1ccc(C=C2C(=O)N(C)C(=O)N(C)C2=O)cc1. The Morgan fingerprint density at radius 2 is 1.50 bits per heavy atom. The van der Waals surface area contributed by atoms with Gasteiger partial charge in [-0.15, -0.1) is 0 Å².